The summed E-state index contributed by atoms with van der Waals surface area (Å²) in [6, 6.07) is -0.116. The van der Waals surface area contributed by atoms with Crippen LogP contribution in [0.25, 0.3) is 0 Å². The van der Waals surface area contributed by atoms with Crippen molar-refractivity contribution in [3.8, 4) is 0 Å². The van der Waals surface area contributed by atoms with Gasteiger partial charge in [0.05, 0.1) is 6.04 Å². The van der Waals surface area contributed by atoms with Gasteiger partial charge in [0, 0.05) is 13.0 Å². The number of nitrogens with two attached hydrogens (primary N) is 1. The number of hydrogen-bond acceptors (Lipinski definition) is 5. The first-order chi connectivity index (χ1) is 8.21. The molecule has 0 amide bonds. The van der Waals surface area contributed by atoms with Crippen molar-refractivity contribution in [2.24, 2.45) is 5.73 Å². The van der Waals surface area contributed by atoms with Crippen molar-refractivity contribution in [1.29, 1.82) is 0 Å². The van der Waals surface area contributed by atoms with Crippen molar-refractivity contribution >= 4 is 0 Å². The first kappa shape index (κ1) is 14.1. The Labute approximate surface area is 103 Å². The third-order valence-electron chi connectivity index (χ3n) is 2.95. The van der Waals surface area contributed by atoms with Gasteiger partial charge < -0.3 is 15.2 Å². The Morgan fingerprint density at radius 1 is 1.29 bits per heavy atom. The first-order valence-electron chi connectivity index (χ1n) is 6.51. The van der Waals surface area contributed by atoms with Crippen LogP contribution in [0.1, 0.15) is 51.4 Å². The molecule has 0 saturated carbocycles. The van der Waals surface area contributed by atoms with E-state index in [4.69, 9.17) is 10.3 Å². The van der Waals surface area contributed by atoms with Crippen LogP contribution in [0.3, 0.4) is 0 Å². The lowest BCUT2D eigenvalue weighted by Crippen LogP contribution is -2.25. The van der Waals surface area contributed by atoms with Gasteiger partial charge in [-0.3, -0.25) is 0 Å². The van der Waals surface area contributed by atoms with Gasteiger partial charge >= 0.3 is 0 Å². The van der Waals surface area contributed by atoms with Gasteiger partial charge in [-0.25, -0.2) is 0 Å². The zero-order valence-electron chi connectivity index (χ0n) is 11.1. The van der Waals surface area contributed by atoms with Crippen LogP contribution in [0, 0.1) is 0 Å². The van der Waals surface area contributed by atoms with Crippen molar-refractivity contribution < 1.29 is 4.52 Å². The minimum atomic E-state index is -0.116. The SMILES string of the molecule is CCC[C@H](N)c1nc(CCN(CC)CC)no1. The lowest BCUT2D eigenvalue weighted by atomic mass is 10.2. The molecule has 0 aliphatic heterocycles. The third-order valence-corrected chi connectivity index (χ3v) is 2.95. The van der Waals surface area contributed by atoms with Gasteiger partial charge in [-0.2, -0.15) is 4.98 Å². The largest absolute Gasteiger partial charge is 0.338 e. The molecule has 0 saturated heterocycles. The summed E-state index contributed by atoms with van der Waals surface area (Å²) < 4.78 is 5.17. The molecule has 0 aromatic carbocycles. The first-order valence-corrected chi connectivity index (χ1v) is 6.51. The van der Waals surface area contributed by atoms with E-state index in [9.17, 15) is 0 Å². The highest BCUT2D eigenvalue weighted by atomic mass is 16.5. The molecule has 1 heterocycles. The molecule has 1 aromatic rings. The Hall–Kier alpha value is -0.940. The van der Waals surface area contributed by atoms with Crippen LogP contribution in [0.4, 0.5) is 0 Å². The fraction of sp³-hybridized carbons (Fsp3) is 0.833. The van der Waals surface area contributed by atoms with Gasteiger partial charge in [0.25, 0.3) is 0 Å². The van der Waals surface area contributed by atoms with Crippen LogP contribution < -0.4 is 5.73 Å². The molecule has 1 atom stereocenters. The molecule has 98 valence electrons. The zero-order valence-corrected chi connectivity index (χ0v) is 11.1. The molecule has 0 spiro atoms. The van der Waals surface area contributed by atoms with E-state index in [0.717, 1.165) is 44.7 Å². The van der Waals surface area contributed by atoms with Crippen LogP contribution in [0.5, 0.6) is 0 Å². The highest BCUT2D eigenvalue weighted by Gasteiger charge is 2.14. The normalized spacial score (nSPS) is 13.2. The van der Waals surface area contributed by atoms with E-state index in [1.54, 1.807) is 0 Å². The summed E-state index contributed by atoms with van der Waals surface area (Å²) in [6.45, 7) is 9.48. The molecule has 0 aliphatic rings. The van der Waals surface area contributed by atoms with E-state index in [2.05, 4.69) is 35.8 Å². The lowest BCUT2D eigenvalue weighted by Gasteiger charge is -2.16. The van der Waals surface area contributed by atoms with Gasteiger partial charge in [-0.15, -0.1) is 0 Å². The van der Waals surface area contributed by atoms with Gasteiger partial charge in [0.15, 0.2) is 5.82 Å². The zero-order chi connectivity index (χ0) is 12.7. The van der Waals surface area contributed by atoms with Crippen molar-refractivity contribution in [2.75, 3.05) is 19.6 Å². The Balaban J connectivity index is 2.45. The fourth-order valence-electron chi connectivity index (χ4n) is 1.75. The van der Waals surface area contributed by atoms with Crippen molar-refractivity contribution in [3.05, 3.63) is 11.7 Å². The average molecular weight is 240 g/mol. The summed E-state index contributed by atoms with van der Waals surface area (Å²) in [5, 5.41) is 3.97. The molecule has 5 nitrogen and oxygen atoms in total. The number of hydrogen-bond donors (Lipinski definition) is 1. The molecule has 1 rings (SSSR count). The quantitative estimate of drug-likeness (QED) is 0.749. The maximum absolute atomic E-state index is 5.92. The van der Waals surface area contributed by atoms with Crippen LogP contribution in [0.15, 0.2) is 4.52 Å². The Bertz CT molecular complexity index is 309. The maximum Gasteiger partial charge on any atom is 0.243 e. The third kappa shape index (κ3) is 4.44. The second-order valence-electron chi connectivity index (χ2n) is 4.22. The summed E-state index contributed by atoms with van der Waals surface area (Å²) in [5.41, 5.74) is 5.92. The Kier molecular flexibility index (Phi) is 6.15. The summed E-state index contributed by atoms with van der Waals surface area (Å²) in [4.78, 5) is 6.68. The minimum Gasteiger partial charge on any atom is -0.338 e. The topological polar surface area (TPSA) is 68.2 Å². The van der Waals surface area contributed by atoms with E-state index in [1.165, 1.54) is 0 Å². The smallest absolute Gasteiger partial charge is 0.243 e. The molecular formula is C12H24N4O. The van der Waals surface area contributed by atoms with Gasteiger partial charge in [-0.05, 0) is 19.5 Å². The summed E-state index contributed by atoms with van der Waals surface area (Å²) in [6.07, 6.45) is 2.74. The molecule has 0 bridgehead atoms. The van der Waals surface area contributed by atoms with Crippen LogP contribution in [-0.4, -0.2) is 34.7 Å². The average Bonchev–Trinajstić information content (AvgIpc) is 2.79. The molecule has 0 radical (unpaired) electrons. The second-order valence-corrected chi connectivity index (χ2v) is 4.22. The molecule has 5 heteroatoms. The van der Waals surface area contributed by atoms with Crippen LogP contribution in [0.2, 0.25) is 0 Å². The number of aromatic nitrogens is 2. The Morgan fingerprint density at radius 3 is 2.59 bits per heavy atom. The maximum atomic E-state index is 5.92. The molecular weight excluding hydrogens is 216 g/mol. The van der Waals surface area contributed by atoms with Crippen LogP contribution in [-0.2, 0) is 6.42 Å². The molecule has 1 aromatic heterocycles. The molecule has 0 aliphatic carbocycles. The van der Waals surface area contributed by atoms with E-state index in [1.807, 2.05) is 0 Å². The number of likely N-dealkylation sites (N-methyl/N-ethyl adjacent to an activating group) is 1. The summed E-state index contributed by atoms with van der Waals surface area (Å²) in [5.74, 6) is 1.33. The van der Waals surface area contributed by atoms with Gasteiger partial charge in [-0.1, -0.05) is 32.3 Å². The van der Waals surface area contributed by atoms with Crippen molar-refractivity contribution in [1.82, 2.24) is 15.0 Å². The van der Waals surface area contributed by atoms with Gasteiger partial charge in [0.1, 0.15) is 0 Å². The number of nitrogens with zero attached hydrogens (tertiary/aromatic N) is 3. The Morgan fingerprint density at radius 2 is 2.00 bits per heavy atom. The minimum absolute atomic E-state index is 0.116. The van der Waals surface area contributed by atoms with Gasteiger partial charge in [0.2, 0.25) is 5.89 Å². The van der Waals surface area contributed by atoms with Crippen molar-refractivity contribution in [2.45, 2.75) is 46.1 Å². The summed E-state index contributed by atoms with van der Waals surface area (Å²) >= 11 is 0. The fourth-order valence-corrected chi connectivity index (χ4v) is 1.75. The number of rotatable bonds is 8. The molecule has 17 heavy (non-hydrogen) atoms. The predicted octanol–water partition coefficient (Wildman–Crippen LogP) is 1.75. The lowest BCUT2D eigenvalue weighted by molar-refractivity contribution is 0.301. The van der Waals surface area contributed by atoms with E-state index < -0.39 is 0 Å². The standard InChI is InChI=1S/C12H24N4O/c1-4-7-10(13)12-14-11(15-17-12)8-9-16(5-2)6-3/h10H,4-9,13H2,1-3H3/t10-/m0/s1. The summed E-state index contributed by atoms with van der Waals surface area (Å²) in [7, 11) is 0. The molecule has 2 N–H and O–H groups in total. The highest BCUT2D eigenvalue weighted by molar-refractivity contribution is 4.92. The second kappa shape index (κ2) is 7.40. The monoisotopic (exact) mass is 240 g/mol. The highest BCUT2D eigenvalue weighted by Crippen LogP contribution is 2.13. The van der Waals surface area contributed by atoms with E-state index >= 15 is 0 Å². The van der Waals surface area contributed by atoms with Crippen molar-refractivity contribution in [3.63, 3.8) is 0 Å². The van der Waals surface area contributed by atoms with E-state index in [0.29, 0.717) is 5.89 Å². The van der Waals surface area contributed by atoms with E-state index in [-0.39, 0.29) is 6.04 Å². The predicted molar refractivity (Wildman–Crippen MR) is 67.6 cm³/mol. The molecule has 0 fully saturated rings. The van der Waals surface area contributed by atoms with Crippen LogP contribution >= 0.6 is 0 Å². The molecule has 0 unspecified atom stereocenters.